The van der Waals surface area contributed by atoms with Crippen molar-refractivity contribution in [1.82, 2.24) is 0 Å². The minimum Gasteiger partial charge on any atom is -0.775 e. The summed E-state index contributed by atoms with van der Waals surface area (Å²) in [5, 5.41) is 13.7. The van der Waals surface area contributed by atoms with Crippen molar-refractivity contribution in [1.29, 1.82) is 0 Å². The number of nitrogens with zero attached hydrogens (tertiary/aromatic N) is 2. The van der Waals surface area contributed by atoms with Gasteiger partial charge in [0.15, 0.2) is 0 Å². The third-order valence-corrected chi connectivity index (χ3v) is 0.0816. The van der Waals surface area contributed by atoms with Crippen LogP contribution in [-0.2, 0) is 0 Å². The van der Waals surface area contributed by atoms with Gasteiger partial charge in [0, 0.05) is 7.05 Å². The van der Waals surface area contributed by atoms with Crippen LogP contribution in [0.5, 0.6) is 0 Å². The van der Waals surface area contributed by atoms with Gasteiger partial charge in [0.05, 0.1) is 0 Å². The number of hydrogen-bond acceptors (Lipinski definition) is 3. The molecule has 0 unspecified atom stereocenters. The van der Waals surface area contributed by atoms with Crippen molar-refractivity contribution in [3.05, 3.63) is 5.21 Å². The van der Waals surface area contributed by atoms with Gasteiger partial charge in [-0.15, -0.1) is 0 Å². The SMILES string of the molecule is CN=N[O-].[Rb+]. The third kappa shape index (κ3) is 11.0. The predicted molar refractivity (Wildman–Crippen MR) is 14.1 cm³/mol. The van der Waals surface area contributed by atoms with E-state index in [2.05, 4.69) is 10.4 Å². The average Bonchev–Trinajstić information content (AvgIpc) is 1.37. The maximum Gasteiger partial charge on any atom is 1.00 e. The Hall–Kier alpha value is 1.21. The van der Waals surface area contributed by atoms with Gasteiger partial charge in [-0.1, -0.05) is 0 Å². The van der Waals surface area contributed by atoms with Gasteiger partial charge in [0.2, 0.25) is 0 Å². The molecule has 0 rings (SSSR count). The first-order valence-corrected chi connectivity index (χ1v) is 0.830. The Kier molecular flexibility index (Phi) is 17.0. The van der Waals surface area contributed by atoms with E-state index in [-0.39, 0.29) is 58.2 Å². The number of rotatable bonds is 0. The van der Waals surface area contributed by atoms with E-state index in [0.29, 0.717) is 0 Å². The molecule has 0 aliphatic rings. The molecule has 0 bridgehead atoms. The van der Waals surface area contributed by atoms with Crippen molar-refractivity contribution in [2.45, 2.75) is 0 Å². The summed E-state index contributed by atoms with van der Waals surface area (Å²) in [6, 6.07) is 0. The van der Waals surface area contributed by atoms with Crippen LogP contribution in [0.1, 0.15) is 0 Å². The zero-order chi connectivity index (χ0) is 3.41. The Balaban J connectivity index is 0. The van der Waals surface area contributed by atoms with E-state index in [0.717, 1.165) is 0 Å². The Morgan fingerprint density at radius 2 is 1.80 bits per heavy atom. The normalized spacial score (nSPS) is 7.40. The molecule has 0 amide bonds. The van der Waals surface area contributed by atoms with E-state index in [9.17, 15) is 0 Å². The largest absolute Gasteiger partial charge is 1.00 e. The van der Waals surface area contributed by atoms with Gasteiger partial charge in [-0.25, -0.2) is 10.4 Å². The fourth-order valence-electron chi connectivity index (χ4n) is 0. The van der Waals surface area contributed by atoms with Crippen LogP contribution in [0.2, 0.25) is 0 Å². The molecule has 3 nitrogen and oxygen atoms in total. The molecule has 24 valence electrons. The van der Waals surface area contributed by atoms with Gasteiger partial charge in [-0.3, -0.25) is 0 Å². The van der Waals surface area contributed by atoms with Gasteiger partial charge in [0.25, 0.3) is 0 Å². The Bertz CT molecular complexity index is 24.8. The second-order valence-electron chi connectivity index (χ2n) is 0.282. The first kappa shape index (κ1) is 9.51. The third-order valence-electron chi connectivity index (χ3n) is 0.0816. The Labute approximate surface area is 79.2 Å². The molecule has 0 aromatic heterocycles. The standard InChI is InChI=1S/CH4N2O.Rb/c1-2-3-4;/h1H3,(H,2,4);/q;+1/p-1. The van der Waals surface area contributed by atoms with E-state index in [1.54, 1.807) is 0 Å². The minimum absolute atomic E-state index is 0. The Morgan fingerprint density at radius 3 is 1.80 bits per heavy atom. The Morgan fingerprint density at radius 1 is 1.60 bits per heavy atom. The molecule has 0 aliphatic heterocycles. The zero-order valence-electron chi connectivity index (χ0n) is 3.30. The summed E-state index contributed by atoms with van der Waals surface area (Å²) in [6.45, 7) is 0. The van der Waals surface area contributed by atoms with Crippen molar-refractivity contribution in [3.63, 3.8) is 0 Å². The van der Waals surface area contributed by atoms with Crippen molar-refractivity contribution in [2.24, 2.45) is 10.4 Å². The average molecular weight is 145 g/mol. The molecule has 0 heterocycles. The predicted octanol–water partition coefficient (Wildman–Crippen LogP) is -2.43. The maximum absolute atomic E-state index is 8.76. The minimum atomic E-state index is 0. The summed E-state index contributed by atoms with van der Waals surface area (Å²) < 4.78 is 0. The van der Waals surface area contributed by atoms with E-state index >= 15 is 0 Å². The van der Waals surface area contributed by atoms with Crippen LogP contribution in [0.4, 0.5) is 0 Å². The first-order valence-electron chi connectivity index (χ1n) is 0.830. The summed E-state index contributed by atoms with van der Waals surface area (Å²) in [5.74, 6) is 0. The molecular formula is CH3N2ORb. The quantitative estimate of drug-likeness (QED) is 0.276. The molecule has 4 heteroatoms. The van der Waals surface area contributed by atoms with Crippen LogP contribution in [0.15, 0.2) is 10.4 Å². The molecule has 0 N–H and O–H groups in total. The summed E-state index contributed by atoms with van der Waals surface area (Å²) in [6.07, 6.45) is 0. The second kappa shape index (κ2) is 8.96. The van der Waals surface area contributed by atoms with Crippen molar-refractivity contribution in [3.8, 4) is 0 Å². The summed E-state index contributed by atoms with van der Waals surface area (Å²) in [4.78, 5) is 0. The zero-order valence-corrected chi connectivity index (χ0v) is 8.22. The van der Waals surface area contributed by atoms with Gasteiger partial charge in [0.1, 0.15) is 0 Å². The molecule has 0 fully saturated rings. The molecule has 0 aliphatic carbocycles. The first-order chi connectivity index (χ1) is 1.91. The van der Waals surface area contributed by atoms with Crippen LogP contribution in [0, 0.1) is 5.21 Å². The van der Waals surface area contributed by atoms with Crippen LogP contribution >= 0.6 is 0 Å². The molecule has 0 radical (unpaired) electrons. The molecule has 0 spiro atoms. The molecular weight excluding hydrogens is 141 g/mol. The van der Waals surface area contributed by atoms with E-state index in [1.807, 2.05) is 0 Å². The monoisotopic (exact) mass is 144 g/mol. The van der Waals surface area contributed by atoms with Crippen LogP contribution in [0.3, 0.4) is 0 Å². The van der Waals surface area contributed by atoms with Crippen LogP contribution < -0.4 is 58.2 Å². The van der Waals surface area contributed by atoms with E-state index in [4.69, 9.17) is 5.21 Å². The fraction of sp³-hybridized carbons (Fsp3) is 1.00. The van der Waals surface area contributed by atoms with Crippen molar-refractivity contribution in [2.75, 3.05) is 7.05 Å². The molecule has 0 aromatic rings. The van der Waals surface area contributed by atoms with Gasteiger partial charge in [-0.05, 0) is 0 Å². The van der Waals surface area contributed by atoms with E-state index in [1.165, 1.54) is 7.05 Å². The topological polar surface area (TPSA) is 47.8 Å². The van der Waals surface area contributed by atoms with Crippen LogP contribution in [0.25, 0.3) is 0 Å². The molecule has 0 aromatic carbocycles. The summed E-state index contributed by atoms with van der Waals surface area (Å²) in [5.41, 5.74) is 0. The van der Waals surface area contributed by atoms with Crippen LogP contribution in [-0.4, -0.2) is 7.05 Å². The van der Waals surface area contributed by atoms with Gasteiger partial charge < -0.3 is 5.21 Å². The molecule has 5 heavy (non-hydrogen) atoms. The molecule has 0 atom stereocenters. The molecule has 0 saturated carbocycles. The summed E-state index contributed by atoms with van der Waals surface area (Å²) in [7, 11) is 1.33. The maximum atomic E-state index is 8.76. The fourth-order valence-corrected chi connectivity index (χ4v) is 0. The molecule has 0 saturated heterocycles. The smallest absolute Gasteiger partial charge is 0.775 e. The van der Waals surface area contributed by atoms with Gasteiger partial charge >= 0.3 is 58.2 Å². The summed E-state index contributed by atoms with van der Waals surface area (Å²) >= 11 is 0. The van der Waals surface area contributed by atoms with Gasteiger partial charge in [-0.2, -0.15) is 0 Å². The van der Waals surface area contributed by atoms with Crippen molar-refractivity contribution >= 4 is 0 Å². The van der Waals surface area contributed by atoms with Crippen molar-refractivity contribution < 1.29 is 58.2 Å². The van der Waals surface area contributed by atoms with E-state index < -0.39 is 0 Å². The number of hydrogen-bond donors (Lipinski definition) is 0. The second-order valence-corrected chi connectivity index (χ2v) is 0.282.